The molecule has 0 bridgehead atoms. The van der Waals surface area contributed by atoms with Gasteiger partial charge in [0.05, 0.1) is 6.42 Å². The number of hydrogen-bond acceptors (Lipinski definition) is 2. The third-order valence-corrected chi connectivity index (χ3v) is 3.51. The Kier molecular flexibility index (Phi) is 5.09. The highest BCUT2D eigenvalue weighted by Crippen LogP contribution is 2.26. The van der Waals surface area contributed by atoms with E-state index < -0.39 is 24.9 Å². The number of fused-ring (bicyclic) bond motifs is 1. The van der Waals surface area contributed by atoms with Crippen LogP contribution in [0.2, 0.25) is 0 Å². The molecule has 0 unspecified atom stereocenters. The van der Waals surface area contributed by atoms with Gasteiger partial charge in [-0.05, 0) is 30.4 Å². The lowest BCUT2D eigenvalue weighted by Crippen LogP contribution is -2.27. The molecule has 2 N–H and O–H groups in total. The molecule has 6 heteroatoms. The average molecular weight is 300 g/mol. The van der Waals surface area contributed by atoms with Crippen molar-refractivity contribution in [1.29, 1.82) is 0 Å². The van der Waals surface area contributed by atoms with Gasteiger partial charge in [0.15, 0.2) is 0 Å². The molecule has 0 saturated heterocycles. The SMILES string of the molecule is O=C(CCC(F)(F)F)NCCc1cccc2c1NCCC2. The maximum atomic E-state index is 12.0. The number of carbonyl (C=O) groups excluding carboxylic acids is 1. The number of rotatable bonds is 5. The van der Waals surface area contributed by atoms with Gasteiger partial charge in [-0.2, -0.15) is 13.2 Å². The molecule has 1 aliphatic heterocycles. The highest BCUT2D eigenvalue weighted by Gasteiger charge is 2.27. The number of halogens is 3. The predicted octanol–water partition coefficient (Wildman–Crippen LogP) is 3.05. The topological polar surface area (TPSA) is 41.1 Å². The first kappa shape index (κ1) is 15.7. The van der Waals surface area contributed by atoms with E-state index in [2.05, 4.69) is 16.7 Å². The summed E-state index contributed by atoms with van der Waals surface area (Å²) in [4.78, 5) is 11.3. The summed E-state index contributed by atoms with van der Waals surface area (Å²) in [5.74, 6) is -0.551. The van der Waals surface area contributed by atoms with Crippen molar-refractivity contribution in [2.75, 3.05) is 18.4 Å². The van der Waals surface area contributed by atoms with Crippen LogP contribution in [0.1, 0.15) is 30.4 Å². The third-order valence-electron chi connectivity index (χ3n) is 3.51. The van der Waals surface area contributed by atoms with Gasteiger partial charge in [-0.1, -0.05) is 18.2 Å². The van der Waals surface area contributed by atoms with Crippen LogP contribution >= 0.6 is 0 Å². The predicted molar refractivity (Wildman–Crippen MR) is 75.3 cm³/mol. The van der Waals surface area contributed by atoms with Gasteiger partial charge in [-0.15, -0.1) is 0 Å². The van der Waals surface area contributed by atoms with E-state index in [0.29, 0.717) is 13.0 Å². The van der Waals surface area contributed by atoms with E-state index in [0.717, 1.165) is 30.6 Å². The Balaban J connectivity index is 1.80. The van der Waals surface area contributed by atoms with Gasteiger partial charge in [-0.25, -0.2) is 0 Å². The number of anilines is 1. The van der Waals surface area contributed by atoms with E-state index in [1.165, 1.54) is 5.56 Å². The van der Waals surface area contributed by atoms with Crippen molar-refractivity contribution in [2.45, 2.75) is 38.3 Å². The van der Waals surface area contributed by atoms with Gasteiger partial charge in [-0.3, -0.25) is 4.79 Å². The van der Waals surface area contributed by atoms with E-state index in [9.17, 15) is 18.0 Å². The average Bonchev–Trinajstić information content (AvgIpc) is 2.45. The van der Waals surface area contributed by atoms with Crippen molar-refractivity contribution in [3.8, 4) is 0 Å². The summed E-state index contributed by atoms with van der Waals surface area (Å²) < 4.78 is 36.0. The van der Waals surface area contributed by atoms with E-state index in [4.69, 9.17) is 0 Å². The number of hydrogen-bond donors (Lipinski definition) is 2. The first-order valence-electron chi connectivity index (χ1n) is 7.14. The smallest absolute Gasteiger partial charge is 0.385 e. The molecule has 1 aromatic rings. The Morgan fingerprint density at radius 1 is 1.33 bits per heavy atom. The standard InChI is InChI=1S/C15H19F3N2O/c16-15(17,18)8-6-13(21)19-10-7-12-4-1-3-11-5-2-9-20-14(11)12/h1,3-4,20H,2,5-10H2,(H,19,21). The number of para-hydroxylation sites is 1. The Labute approximate surface area is 121 Å². The summed E-state index contributed by atoms with van der Waals surface area (Å²) in [5, 5.41) is 5.90. The molecule has 1 amide bonds. The molecule has 116 valence electrons. The Bertz CT molecular complexity index is 500. The number of alkyl halides is 3. The summed E-state index contributed by atoms with van der Waals surface area (Å²) in [6, 6.07) is 6.04. The first-order valence-corrected chi connectivity index (χ1v) is 7.14. The van der Waals surface area contributed by atoms with Crippen LogP contribution < -0.4 is 10.6 Å². The number of aryl methyl sites for hydroxylation is 1. The number of benzene rings is 1. The van der Waals surface area contributed by atoms with Gasteiger partial charge >= 0.3 is 6.18 Å². The van der Waals surface area contributed by atoms with Gasteiger partial charge in [0.25, 0.3) is 0 Å². The molecule has 0 aromatic heterocycles. The molecule has 1 aromatic carbocycles. The Morgan fingerprint density at radius 2 is 2.14 bits per heavy atom. The maximum Gasteiger partial charge on any atom is 0.389 e. The van der Waals surface area contributed by atoms with Crippen LogP contribution in [0.25, 0.3) is 0 Å². The molecule has 0 radical (unpaired) electrons. The van der Waals surface area contributed by atoms with E-state index in [-0.39, 0.29) is 0 Å². The highest BCUT2D eigenvalue weighted by molar-refractivity contribution is 5.75. The minimum Gasteiger partial charge on any atom is -0.385 e. The lowest BCUT2D eigenvalue weighted by atomic mass is 9.98. The first-order chi connectivity index (χ1) is 9.96. The summed E-state index contributed by atoms with van der Waals surface area (Å²) in [5.41, 5.74) is 3.48. The van der Waals surface area contributed by atoms with Crippen molar-refractivity contribution < 1.29 is 18.0 Å². The molecule has 0 spiro atoms. The van der Waals surface area contributed by atoms with Crippen molar-refractivity contribution in [1.82, 2.24) is 5.32 Å². The fourth-order valence-corrected chi connectivity index (χ4v) is 2.47. The molecule has 1 heterocycles. The number of amides is 1. The molecule has 2 rings (SSSR count). The largest absolute Gasteiger partial charge is 0.389 e. The molecule has 3 nitrogen and oxygen atoms in total. The van der Waals surface area contributed by atoms with E-state index in [1.54, 1.807) is 0 Å². The third kappa shape index (κ3) is 4.95. The molecule has 1 aliphatic rings. The fourth-order valence-electron chi connectivity index (χ4n) is 2.47. The van der Waals surface area contributed by atoms with Gasteiger partial charge in [0.2, 0.25) is 5.91 Å². The quantitative estimate of drug-likeness (QED) is 0.877. The highest BCUT2D eigenvalue weighted by atomic mass is 19.4. The second-order valence-electron chi connectivity index (χ2n) is 5.20. The number of nitrogens with one attached hydrogen (secondary N) is 2. The van der Waals surface area contributed by atoms with Gasteiger partial charge < -0.3 is 10.6 Å². The molecular formula is C15H19F3N2O. The minimum absolute atomic E-state index is 0.356. The van der Waals surface area contributed by atoms with Crippen LogP contribution in [0.3, 0.4) is 0 Å². The summed E-state index contributed by atoms with van der Waals surface area (Å²) >= 11 is 0. The molecule has 21 heavy (non-hydrogen) atoms. The van der Waals surface area contributed by atoms with Crippen LogP contribution in [0, 0.1) is 0 Å². The normalized spacial score (nSPS) is 14.2. The molecule has 0 aliphatic carbocycles. The van der Waals surface area contributed by atoms with Crippen molar-refractivity contribution >= 4 is 11.6 Å². The van der Waals surface area contributed by atoms with Gasteiger partial charge in [0, 0.05) is 25.2 Å². The molecular weight excluding hydrogens is 281 g/mol. The van der Waals surface area contributed by atoms with Crippen LogP contribution in [0.4, 0.5) is 18.9 Å². The molecule has 0 atom stereocenters. The lowest BCUT2D eigenvalue weighted by molar-refractivity contribution is -0.144. The Morgan fingerprint density at radius 3 is 2.90 bits per heavy atom. The minimum atomic E-state index is -4.28. The summed E-state index contributed by atoms with van der Waals surface area (Å²) in [6.07, 6.45) is -3.10. The summed E-state index contributed by atoms with van der Waals surface area (Å²) in [7, 11) is 0. The molecule has 0 fully saturated rings. The van der Waals surface area contributed by atoms with Gasteiger partial charge in [0.1, 0.15) is 0 Å². The lowest BCUT2D eigenvalue weighted by Gasteiger charge is -2.21. The zero-order valence-electron chi connectivity index (χ0n) is 11.7. The second kappa shape index (κ2) is 6.83. The molecule has 0 saturated carbocycles. The number of carbonyl (C=O) groups is 1. The van der Waals surface area contributed by atoms with Crippen LogP contribution in [0.5, 0.6) is 0 Å². The van der Waals surface area contributed by atoms with Crippen LogP contribution in [-0.2, 0) is 17.6 Å². The second-order valence-corrected chi connectivity index (χ2v) is 5.20. The fraction of sp³-hybridized carbons (Fsp3) is 0.533. The zero-order valence-corrected chi connectivity index (χ0v) is 11.7. The van der Waals surface area contributed by atoms with Crippen molar-refractivity contribution in [3.05, 3.63) is 29.3 Å². The van der Waals surface area contributed by atoms with E-state index in [1.807, 2.05) is 12.1 Å². The van der Waals surface area contributed by atoms with E-state index >= 15 is 0 Å². The van der Waals surface area contributed by atoms with Crippen molar-refractivity contribution in [3.63, 3.8) is 0 Å². The summed E-state index contributed by atoms with van der Waals surface area (Å²) in [6.45, 7) is 1.29. The van der Waals surface area contributed by atoms with Crippen LogP contribution in [0.15, 0.2) is 18.2 Å². The van der Waals surface area contributed by atoms with Crippen molar-refractivity contribution in [2.24, 2.45) is 0 Å². The maximum absolute atomic E-state index is 12.0. The van der Waals surface area contributed by atoms with Crippen LogP contribution in [-0.4, -0.2) is 25.2 Å². The monoisotopic (exact) mass is 300 g/mol. The zero-order chi connectivity index (χ0) is 15.3. The Hall–Kier alpha value is -1.72.